The minimum absolute atomic E-state index is 0. The van der Waals surface area contributed by atoms with Crippen LogP contribution in [0.4, 0.5) is 5.13 Å². The fourth-order valence-corrected chi connectivity index (χ4v) is 5.07. The molecule has 1 aliphatic rings. The number of carbonyl (C=O) groups is 1. The minimum Gasteiger partial charge on any atom is -0.497 e. The summed E-state index contributed by atoms with van der Waals surface area (Å²) in [5.41, 5.74) is 1.27. The summed E-state index contributed by atoms with van der Waals surface area (Å²) in [6, 6.07) is 10.6. The van der Waals surface area contributed by atoms with Gasteiger partial charge in [0, 0.05) is 41.8 Å². The Morgan fingerprint density at radius 3 is 2.59 bits per heavy atom. The molecule has 32 heavy (non-hydrogen) atoms. The molecule has 172 valence electrons. The molecule has 1 saturated heterocycles. The molecule has 0 radical (unpaired) electrons. The third-order valence-corrected chi connectivity index (χ3v) is 6.61. The van der Waals surface area contributed by atoms with Gasteiger partial charge in [0.25, 0.3) is 5.91 Å². The number of morpholine rings is 1. The zero-order valence-electron chi connectivity index (χ0n) is 17.6. The predicted octanol–water partition coefficient (Wildman–Crippen LogP) is 5.40. The summed E-state index contributed by atoms with van der Waals surface area (Å²) in [7, 11) is 1.63. The Morgan fingerprint density at radius 2 is 1.91 bits per heavy atom. The normalized spacial score (nSPS) is 14.2. The van der Waals surface area contributed by atoms with Gasteiger partial charge in [-0.1, -0.05) is 34.5 Å². The number of hydrogen-bond acceptors (Lipinski definition) is 6. The monoisotopic (exact) mass is 515 g/mol. The molecule has 0 N–H and O–H groups in total. The third kappa shape index (κ3) is 6.04. The number of amides is 1. The second kappa shape index (κ2) is 11.5. The lowest BCUT2D eigenvalue weighted by atomic mass is 10.2. The van der Waals surface area contributed by atoms with Crippen LogP contribution in [0.5, 0.6) is 5.75 Å². The number of methoxy groups -OCH3 is 1. The van der Waals surface area contributed by atoms with Crippen LogP contribution >= 0.6 is 46.9 Å². The van der Waals surface area contributed by atoms with Crippen molar-refractivity contribution in [2.75, 3.05) is 51.4 Å². The molecular weight excluding hydrogens is 493 g/mol. The smallest absolute Gasteiger partial charge is 0.260 e. The molecule has 1 aromatic heterocycles. The lowest BCUT2D eigenvalue weighted by Crippen LogP contribution is -2.39. The lowest BCUT2D eigenvalue weighted by Gasteiger charge is -2.27. The Labute approximate surface area is 207 Å². The number of ether oxygens (including phenoxy) is 2. The highest BCUT2D eigenvalue weighted by molar-refractivity contribution is 7.22. The van der Waals surface area contributed by atoms with Crippen LogP contribution < -0.4 is 9.64 Å². The second-order valence-electron chi connectivity index (χ2n) is 7.25. The van der Waals surface area contributed by atoms with Crippen LogP contribution in [0.1, 0.15) is 16.8 Å². The minimum atomic E-state index is -0.169. The van der Waals surface area contributed by atoms with Crippen molar-refractivity contribution >= 4 is 68.2 Å². The van der Waals surface area contributed by atoms with Crippen LogP contribution in [0.2, 0.25) is 10.0 Å². The van der Waals surface area contributed by atoms with Crippen molar-refractivity contribution in [1.82, 2.24) is 9.88 Å². The Balaban J connectivity index is 0.00000289. The van der Waals surface area contributed by atoms with E-state index in [0.717, 1.165) is 55.2 Å². The highest BCUT2D eigenvalue weighted by Gasteiger charge is 2.23. The maximum Gasteiger partial charge on any atom is 0.260 e. The summed E-state index contributed by atoms with van der Waals surface area (Å²) in [5, 5.41) is 1.50. The summed E-state index contributed by atoms with van der Waals surface area (Å²) >= 11 is 13.8. The number of rotatable bonds is 7. The van der Waals surface area contributed by atoms with Crippen molar-refractivity contribution in [3.63, 3.8) is 0 Å². The zero-order valence-corrected chi connectivity index (χ0v) is 20.7. The third-order valence-electron chi connectivity index (χ3n) is 5.13. The van der Waals surface area contributed by atoms with E-state index in [9.17, 15) is 4.79 Å². The topological polar surface area (TPSA) is 54.9 Å². The van der Waals surface area contributed by atoms with Gasteiger partial charge in [0.05, 0.1) is 30.5 Å². The molecule has 0 bridgehead atoms. The van der Waals surface area contributed by atoms with Crippen LogP contribution in [-0.2, 0) is 4.74 Å². The van der Waals surface area contributed by atoms with E-state index in [4.69, 9.17) is 37.7 Å². The van der Waals surface area contributed by atoms with E-state index >= 15 is 0 Å². The van der Waals surface area contributed by atoms with Gasteiger partial charge in [-0.3, -0.25) is 14.6 Å². The molecule has 2 aromatic carbocycles. The van der Waals surface area contributed by atoms with Crippen LogP contribution in [0.15, 0.2) is 36.4 Å². The molecule has 0 aliphatic carbocycles. The maximum atomic E-state index is 13.4. The molecule has 1 fully saturated rings. The first-order valence-electron chi connectivity index (χ1n) is 10.1. The SMILES string of the molecule is COc1ccc2nc(N(CCCN3CCOCC3)C(=O)c3cc(Cl)cc(Cl)c3)sc2c1.Cl. The molecular formula is C22H24Cl3N3O3S. The number of nitrogens with zero attached hydrogens (tertiary/aromatic N) is 3. The number of aromatic nitrogens is 1. The van der Waals surface area contributed by atoms with E-state index < -0.39 is 0 Å². The van der Waals surface area contributed by atoms with Gasteiger partial charge in [0.2, 0.25) is 0 Å². The van der Waals surface area contributed by atoms with Crippen LogP contribution in [0, 0.1) is 0 Å². The summed E-state index contributed by atoms with van der Waals surface area (Å²) < 4.78 is 11.7. The molecule has 2 heterocycles. The molecule has 3 aromatic rings. The van der Waals surface area contributed by atoms with Gasteiger partial charge < -0.3 is 9.47 Å². The Hall–Kier alpha value is -1.61. The molecule has 1 amide bonds. The highest BCUT2D eigenvalue weighted by atomic mass is 35.5. The van der Waals surface area contributed by atoms with E-state index in [0.29, 0.717) is 27.3 Å². The van der Waals surface area contributed by atoms with Gasteiger partial charge in [-0.05, 0) is 42.8 Å². The largest absolute Gasteiger partial charge is 0.497 e. The average molecular weight is 517 g/mol. The van der Waals surface area contributed by atoms with Crippen molar-refractivity contribution in [2.45, 2.75) is 6.42 Å². The van der Waals surface area contributed by atoms with Gasteiger partial charge in [-0.25, -0.2) is 4.98 Å². The van der Waals surface area contributed by atoms with Crippen LogP contribution in [0.25, 0.3) is 10.2 Å². The molecule has 0 unspecified atom stereocenters. The van der Waals surface area contributed by atoms with E-state index in [2.05, 4.69) is 4.90 Å². The Bertz CT molecular complexity index is 1050. The predicted molar refractivity (Wildman–Crippen MR) is 133 cm³/mol. The van der Waals surface area contributed by atoms with Gasteiger partial charge in [0.1, 0.15) is 5.75 Å². The number of hydrogen-bond donors (Lipinski definition) is 0. The fourth-order valence-electron chi connectivity index (χ4n) is 3.53. The number of thiazole rings is 1. The van der Waals surface area contributed by atoms with Crippen molar-refractivity contribution in [2.24, 2.45) is 0 Å². The lowest BCUT2D eigenvalue weighted by molar-refractivity contribution is 0.0376. The van der Waals surface area contributed by atoms with Crippen molar-refractivity contribution in [3.05, 3.63) is 52.0 Å². The Morgan fingerprint density at radius 1 is 1.19 bits per heavy atom. The molecule has 0 saturated carbocycles. The highest BCUT2D eigenvalue weighted by Crippen LogP contribution is 2.33. The maximum absolute atomic E-state index is 13.4. The average Bonchev–Trinajstić information content (AvgIpc) is 3.19. The van der Waals surface area contributed by atoms with Crippen molar-refractivity contribution < 1.29 is 14.3 Å². The van der Waals surface area contributed by atoms with E-state index in [1.165, 1.54) is 11.3 Å². The number of carbonyl (C=O) groups excluding carboxylic acids is 1. The van der Waals surface area contributed by atoms with Gasteiger partial charge >= 0.3 is 0 Å². The number of fused-ring (bicyclic) bond motifs is 1. The summed E-state index contributed by atoms with van der Waals surface area (Å²) in [5.74, 6) is 0.590. The van der Waals surface area contributed by atoms with Gasteiger partial charge in [-0.15, -0.1) is 12.4 Å². The molecule has 1 aliphatic heterocycles. The summed E-state index contributed by atoms with van der Waals surface area (Å²) in [6.07, 6.45) is 0.819. The number of anilines is 1. The van der Waals surface area contributed by atoms with E-state index in [1.54, 1.807) is 30.2 Å². The quantitative estimate of drug-likeness (QED) is 0.421. The second-order valence-corrected chi connectivity index (χ2v) is 9.13. The molecule has 0 atom stereocenters. The van der Waals surface area contributed by atoms with Crippen LogP contribution in [0.3, 0.4) is 0 Å². The van der Waals surface area contributed by atoms with E-state index in [-0.39, 0.29) is 18.3 Å². The molecule has 10 heteroatoms. The van der Waals surface area contributed by atoms with Crippen LogP contribution in [-0.4, -0.2) is 62.3 Å². The van der Waals surface area contributed by atoms with Crippen molar-refractivity contribution in [3.8, 4) is 5.75 Å². The zero-order chi connectivity index (χ0) is 21.8. The van der Waals surface area contributed by atoms with Crippen molar-refractivity contribution in [1.29, 1.82) is 0 Å². The van der Waals surface area contributed by atoms with Gasteiger partial charge in [0.15, 0.2) is 5.13 Å². The molecule has 4 rings (SSSR count). The van der Waals surface area contributed by atoms with Gasteiger partial charge in [-0.2, -0.15) is 0 Å². The first-order valence-corrected chi connectivity index (χ1v) is 11.6. The summed E-state index contributed by atoms with van der Waals surface area (Å²) in [4.78, 5) is 22.2. The Kier molecular flexibility index (Phi) is 8.99. The summed E-state index contributed by atoms with van der Waals surface area (Å²) in [6.45, 7) is 4.77. The first kappa shape index (κ1) is 25.0. The molecule has 6 nitrogen and oxygen atoms in total. The first-order chi connectivity index (χ1) is 15.0. The van der Waals surface area contributed by atoms with E-state index in [1.807, 2.05) is 18.2 Å². The number of benzene rings is 2. The molecule has 0 spiro atoms. The fraction of sp³-hybridized carbons (Fsp3) is 0.364. The standard InChI is InChI=1S/C22H23Cl2N3O3S.ClH/c1-29-18-3-4-19-20(14-18)31-22(25-19)27(6-2-5-26-7-9-30-10-8-26)21(28)15-11-16(23)13-17(24)12-15;/h3-4,11-14H,2,5-10H2,1H3;1H. The number of halogens is 3.